The highest BCUT2D eigenvalue weighted by Crippen LogP contribution is 2.51. The van der Waals surface area contributed by atoms with Crippen molar-refractivity contribution in [3.05, 3.63) is 123 Å². The van der Waals surface area contributed by atoms with Gasteiger partial charge in [-0.3, -0.25) is 14.9 Å². The Labute approximate surface area is 332 Å². The third-order valence-electron chi connectivity index (χ3n) is 11.6. The number of aliphatic hydroxyl groups is 1. The number of likely N-dealkylation sites (N-methyl/N-ethyl adjacent to an activating group) is 1. The zero-order valence-corrected chi connectivity index (χ0v) is 32.7. The second-order valence-corrected chi connectivity index (χ2v) is 16.3. The molecule has 0 aliphatic carbocycles. The summed E-state index contributed by atoms with van der Waals surface area (Å²) in [6, 6.07) is 28.1. The number of anilines is 2. The largest absolute Gasteiger partial charge is 0.506 e. The monoisotopic (exact) mass is 822 g/mol. The maximum Gasteiger partial charge on any atom is 0.411 e. The van der Waals surface area contributed by atoms with E-state index in [1.54, 1.807) is 12.1 Å². The lowest BCUT2D eigenvalue weighted by atomic mass is 9.96. The summed E-state index contributed by atoms with van der Waals surface area (Å²) >= 11 is 3.58. The molecule has 12 nitrogen and oxygen atoms in total. The van der Waals surface area contributed by atoms with E-state index in [-0.39, 0.29) is 54.0 Å². The first-order valence-corrected chi connectivity index (χ1v) is 19.7. The van der Waals surface area contributed by atoms with E-state index in [2.05, 4.69) is 51.0 Å². The van der Waals surface area contributed by atoms with Crippen molar-refractivity contribution in [3.8, 4) is 16.9 Å². The zero-order valence-electron chi connectivity index (χ0n) is 31.1. The van der Waals surface area contributed by atoms with Crippen LogP contribution in [0.5, 0.6) is 5.75 Å². The van der Waals surface area contributed by atoms with Gasteiger partial charge in [-0.25, -0.2) is 4.79 Å². The number of epoxide rings is 1. The normalized spacial score (nSPS) is 22.2. The number of piperidine rings is 1. The number of aromatic nitrogens is 1. The molecule has 3 aliphatic heterocycles. The number of aliphatic hydroxyl groups excluding tert-OH is 1. The standard InChI is InChI=1S/C43H44BrN5O7/c1-49(2)34-20-27(21-35(49)42-41(34)56-42)55-43(54)47-33-19-24(8-11-28(33)26-6-4-3-5-7-26)10-16-38(52)46-32-14-9-25(18-31(32)44)22-45-23-37(51)29-12-15-36(50)40-30(29)13-17-39(53)48-40/h3-9,11-15,17-19,27,34-35,37,41-42,45,51H,10,16,20-23H2,1-2H3,(H3-,46,47,48,50,52,53,54)/p+1/t27?,34-,35+,37-,41-,42+/m0/s1. The Morgan fingerprint density at radius 3 is 2.43 bits per heavy atom. The number of amides is 2. The molecule has 3 fully saturated rings. The van der Waals surface area contributed by atoms with Crippen LogP contribution >= 0.6 is 15.9 Å². The number of aromatic hydroxyl groups is 1. The Hall–Kier alpha value is -5.05. The fourth-order valence-corrected chi connectivity index (χ4v) is 9.09. The third kappa shape index (κ3) is 7.82. The van der Waals surface area contributed by atoms with E-state index in [1.807, 2.05) is 66.7 Å². The average Bonchev–Trinajstić information content (AvgIpc) is 3.95. The van der Waals surface area contributed by atoms with Gasteiger partial charge in [-0.1, -0.05) is 54.6 Å². The number of carbonyl (C=O) groups excluding carboxylic acids is 2. The quantitative estimate of drug-likeness (QED) is 0.0625. The number of phenols is 1. The molecule has 5 aromatic rings. The van der Waals surface area contributed by atoms with Gasteiger partial charge in [-0.05, 0) is 74.9 Å². The fourth-order valence-electron chi connectivity index (χ4n) is 8.57. The van der Waals surface area contributed by atoms with Crippen molar-refractivity contribution in [2.24, 2.45) is 0 Å². The van der Waals surface area contributed by atoms with Crippen molar-refractivity contribution < 1.29 is 33.8 Å². The smallest absolute Gasteiger partial charge is 0.411 e. The van der Waals surface area contributed by atoms with Crippen molar-refractivity contribution in [2.45, 2.75) is 68.7 Å². The van der Waals surface area contributed by atoms with E-state index < -0.39 is 12.2 Å². The molecule has 4 heterocycles. The Morgan fingerprint density at radius 1 is 0.929 bits per heavy atom. The van der Waals surface area contributed by atoms with Crippen molar-refractivity contribution in [1.82, 2.24) is 10.3 Å². The number of halogens is 1. The Kier molecular flexibility index (Phi) is 10.5. The molecule has 1 aromatic heterocycles. The highest BCUT2D eigenvalue weighted by atomic mass is 79.9. The molecule has 3 saturated heterocycles. The second kappa shape index (κ2) is 15.5. The summed E-state index contributed by atoms with van der Waals surface area (Å²) in [6.45, 7) is 0.685. The number of hydrogen-bond donors (Lipinski definition) is 6. The number of phenolic OH excluding ortho intramolecular Hbond substituents is 1. The van der Waals surface area contributed by atoms with E-state index in [1.165, 1.54) is 12.1 Å². The van der Waals surface area contributed by atoms with Crippen molar-refractivity contribution in [2.75, 3.05) is 31.3 Å². The van der Waals surface area contributed by atoms with Gasteiger partial charge in [0.1, 0.15) is 36.1 Å². The van der Waals surface area contributed by atoms with Crippen LogP contribution in [-0.2, 0) is 27.2 Å². The van der Waals surface area contributed by atoms with Crippen LogP contribution in [0.3, 0.4) is 0 Å². The van der Waals surface area contributed by atoms with E-state index in [9.17, 15) is 24.6 Å². The number of carbonyl (C=O) groups is 2. The minimum Gasteiger partial charge on any atom is -0.506 e. The van der Waals surface area contributed by atoms with Crippen LogP contribution in [0.25, 0.3) is 22.0 Å². The van der Waals surface area contributed by atoms with Gasteiger partial charge in [0.05, 0.1) is 37.1 Å². The minimum atomic E-state index is -0.883. The molecule has 290 valence electrons. The Morgan fingerprint density at radius 2 is 1.68 bits per heavy atom. The number of hydrogen-bond acceptors (Lipinski definition) is 8. The Balaban J connectivity index is 0.856. The molecule has 2 bridgehead atoms. The van der Waals surface area contributed by atoms with Crippen molar-refractivity contribution in [3.63, 3.8) is 0 Å². The van der Waals surface area contributed by atoms with Crippen LogP contribution in [0.15, 0.2) is 100 Å². The molecule has 1 unspecified atom stereocenters. The molecule has 3 aliphatic rings. The second-order valence-electron chi connectivity index (χ2n) is 15.5. The number of morpholine rings is 1. The van der Waals surface area contributed by atoms with Crippen LogP contribution < -0.4 is 21.5 Å². The molecular formula is C43H45BrN5O7+. The van der Waals surface area contributed by atoms with E-state index in [4.69, 9.17) is 9.47 Å². The number of rotatable bonds is 12. The number of H-pyrrole nitrogens is 1. The summed E-state index contributed by atoms with van der Waals surface area (Å²) in [6.07, 6.45) is 1.28. The third-order valence-corrected chi connectivity index (χ3v) is 12.3. The molecular weight excluding hydrogens is 778 g/mol. The molecule has 6 atom stereocenters. The van der Waals surface area contributed by atoms with Gasteiger partial charge >= 0.3 is 6.09 Å². The maximum absolute atomic E-state index is 13.3. The van der Waals surface area contributed by atoms with Crippen LogP contribution in [0.1, 0.15) is 42.1 Å². The maximum atomic E-state index is 13.3. The van der Waals surface area contributed by atoms with Crippen molar-refractivity contribution >= 4 is 50.2 Å². The molecule has 6 N–H and O–H groups in total. The lowest BCUT2D eigenvalue weighted by Crippen LogP contribution is -2.60. The fraction of sp³-hybridized carbons (Fsp3) is 0.326. The molecule has 56 heavy (non-hydrogen) atoms. The van der Waals surface area contributed by atoms with Gasteiger partial charge < -0.3 is 39.8 Å². The molecule has 0 spiro atoms. The SMILES string of the molecule is C[N+]1(C)[C@@H]2CC(OC(=O)Nc3cc(CCC(=O)Nc4ccc(CNC[C@H](O)c5ccc(O)c6[nH]c(=O)ccc56)cc4Br)ccc3-c3ccccc3)C[C@H]1[C@@H]1O[C@@H]12. The van der Waals surface area contributed by atoms with E-state index >= 15 is 0 Å². The Bertz CT molecular complexity index is 2330. The number of aromatic amines is 1. The summed E-state index contributed by atoms with van der Waals surface area (Å²) in [5.41, 5.74) is 5.46. The van der Waals surface area contributed by atoms with Crippen LogP contribution in [-0.4, -0.2) is 82.7 Å². The highest BCUT2D eigenvalue weighted by molar-refractivity contribution is 9.10. The minimum absolute atomic E-state index is 0.0611. The number of fused-ring (bicyclic) bond motifs is 6. The number of nitrogens with zero attached hydrogens (tertiary/aromatic N) is 1. The topological polar surface area (TPSA) is 165 Å². The lowest BCUT2D eigenvalue weighted by Gasteiger charge is -2.45. The number of nitrogens with one attached hydrogen (secondary N) is 4. The number of quaternary nitrogens is 1. The predicted octanol–water partition coefficient (Wildman–Crippen LogP) is 6.36. The summed E-state index contributed by atoms with van der Waals surface area (Å²) in [5.74, 6) is -0.215. The van der Waals surface area contributed by atoms with Crippen molar-refractivity contribution in [1.29, 1.82) is 0 Å². The summed E-state index contributed by atoms with van der Waals surface area (Å²) in [7, 11) is 4.50. The number of pyridine rings is 1. The van der Waals surface area contributed by atoms with Gasteiger partial charge in [0.2, 0.25) is 11.5 Å². The summed E-state index contributed by atoms with van der Waals surface area (Å²) in [4.78, 5) is 40.8. The molecule has 4 aromatic carbocycles. The van der Waals surface area contributed by atoms with Crippen LogP contribution in [0.2, 0.25) is 0 Å². The summed E-state index contributed by atoms with van der Waals surface area (Å²) < 4.78 is 13.5. The lowest BCUT2D eigenvalue weighted by molar-refractivity contribution is -0.938. The number of aryl methyl sites for hydroxylation is 1. The summed E-state index contributed by atoms with van der Waals surface area (Å²) in [5, 5.41) is 30.9. The molecule has 0 saturated carbocycles. The van der Waals surface area contributed by atoms with Gasteiger partial charge in [-0.2, -0.15) is 0 Å². The molecule has 2 amide bonds. The molecule has 13 heteroatoms. The van der Waals surface area contributed by atoms with Gasteiger partial charge in [0.25, 0.3) is 0 Å². The van der Waals surface area contributed by atoms with E-state index in [0.717, 1.165) is 44.1 Å². The van der Waals surface area contributed by atoms with Crippen LogP contribution in [0.4, 0.5) is 16.2 Å². The number of ether oxygens (including phenoxy) is 2. The zero-order chi connectivity index (χ0) is 39.1. The first-order valence-electron chi connectivity index (χ1n) is 18.9. The average molecular weight is 824 g/mol. The van der Waals surface area contributed by atoms with Gasteiger partial charge in [0, 0.05) is 53.8 Å². The van der Waals surface area contributed by atoms with E-state index in [0.29, 0.717) is 47.4 Å². The van der Waals surface area contributed by atoms with Gasteiger partial charge in [0.15, 0.2) is 0 Å². The first kappa shape index (κ1) is 37.9. The van der Waals surface area contributed by atoms with Gasteiger partial charge in [-0.15, -0.1) is 0 Å². The highest BCUT2D eigenvalue weighted by Gasteiger charge is 2.70. The molecule has 0 radical (unpaired) electrons. The number of benzene rings is 4. The predicted molar refractivity (Wildman–Crippen MR) is 217 cm³/mol. The van der Waals surface area contributed by atoms with Crippen LogP contribution in [0, 0.1) is 0 Å². The first-order chi connectivity index (χ1) is 26.9. The molecule has 8 rings (SSSR count).